The molecule has 44 heavy (non-hydrogen) atoms. The van der Waals surface area contributed by atoms with Crippen LogP contribution in [-0.4, -0.2) is 59.9 Å². The molecule has 12 nitrogen and oxygen atoms in total. The second kappa shape index (κ2) is 12.5. The molecule has 0 aliphatic rings. The van der Waals surface area contributed by atoms with Gasteiger partial charge < -0.3 is 0 Å². The van der Waals surface area contributed by atoms with Gasteiger partial charge in [-0.1, -0.05) is 53.6 Å². The number of carbonyl (C=O) groups excluding carboxylic acids is 1. The Morgan fingerprint density at radius 3 is 1.66 bits per heavy atom. The molecule has 2 aromatic heterocycles. The smallest absolute Gasteiger partial charge is 0.296 e. The number of hydrogen-bond donors (Lipinski definition) is 1. The molecule has 0 radical (unpaired) electrons. The number of anilines is 1. The maximum Gasteiger partial charge on any atom is 0.350 e. The maximum absolute atomic E-state index is 13.0. The number of rotatable bonds is 5. The van der Waals surface area contributed by atoms with Gasteiger partial charge in [0.2, 0.25) is 19.7 Å². The summed E-state index contributed by atoms with van der Waals surface area (Å²) >= 11 is 0. The highest BCUT2D eigenvalue weighted by molar-refractivity contribution is 7.91. The molecule has 0 saturated carbocycles. The Kier molecular flexibility index (Phi) is 9.16. The number of amides is 1. The van der Waals surface area contributed by atoms with E-state index in [1.807, 2.05) is 32.0 Å². The molecular weight excluding hydrogens is 603 g/mol. The van der Waals surface area contributed by atoms with Gasteiger partial charge in [-0.25, -0.2) is 31.6 Å². The Balaban J connectivity index is 0.000000223. The summed E-state index contributed by atoms with van der Waals surface area (Å²) < 4.78 is 51.5. The molecule has 0 unspecified atom stereocenters. The third kappa shape index (κ3) is 6.45. The van der Waals surface area contributed by atoms with Gasteiger partial charge in [-0.2, -0.15) is 4.68 Å². The van der Waals surface area contributed by atoms with Gasteiger partial charge in [-0.05, 0) is 75.9 Å². The zero-order valence-corrected chi connectivity index (χ0v) is 27.0. The number of nitrogens with one attached hydrogen (secondary N) is 1. The minimum absolute atomic E-state index is 0.176. The van der Waals surface area contributed by atoms with Crippen LogP contribution in [0.2, 0.25) is 0 Å². The molecule has 0 aliphatic carbocycles. The van der Waals surface area contributed by atoms with Crippen molar-refractivity contribution in [2.24, 2.45) is 0 Å². The van der Waals surface area contributed by atoms with Gasteiger partial charge in [0.1, 0.15) is 12.7 Å². The van der Waals surface area contributed by atoms with Crippen molar-refractivity contribution in [2.75, 3.05) is 11.9 Å². The first-order valence-electron chi connectivity index (χ1n) is 13.4. The van der Waals surface area contributed by atoms with E-state index in [0.29, 0.717) is 32.8 Å². The van der Waals surface area contributed by atoms with E-state index in [-0.39, 0.29) is 10.1 Å². The predicted molar refractivity (Wildman–Crippen MR) is 164 cm³/mol. The third-order valence-electron chi connectivity index (χ3n) is 6.72. The number of aromatic nitrogens is 6. The minimum Gasteiger partial charge on any atom is -0.296 e. The average Bonchev–Trinajstić information content (AvgIpc) is 3.66. The SMILES string of the molecule is Cc1cc(C)c(S(=O)(=O)c2nc[nH]n2)c(C)c1.Cc1cc(C)c(S(=O)(=O)c2ncn(C(=O)N(C)c3ccccc3)n2)c(C)c1. The van der Waals surface area contributed by atoms with Gasteiger partial charge in [-0.15, -0.1) is 10.2 Å². The van der Waals surface area contributed by atoms with Crippen molar-refractivity contribution in [3.05, 3.63) is 101 Å². The number of benzene rings is 3. The molecule has 0 fully saturated rings. The summed E-state index contributed by atoms with van der Waals surface area (Å²) in [6, 6.07) is 15.8. The van der Waals surface area contributed by atoms with E-state index in [1.54, 1.807) is 71.1 Å². The summed E-state index contributed by atoms with van der Waals surface area (Å²) in [5.41, 5.74) is 5.34. The normalized spacial score (nSPS) is 11.5. The molecule has 0 aliphatic heterocycles. The Bertz CT molecular complexity index is 1990. The fourth-order valence-corrected chi connectivity index (χ4v) is 8.11. The van der Waals surface area contributed by atoms with Crippen molar-refractivity contribution >= 4 is 31.4 Å². The van der Waals surface area contributed by atoms with Crippen LogP contribution < -0.4 is 4.90 Å². The van der Waals surface area contributed by atoms with E-state index >= 15 is 0 Å². The number of H-pyrrole nitrogens is 1. The summed E-state index contributed by atoms with van der Waals surface area (Å²) in [5.74, 6) is 0. The Hall–Kier alpha value is -4.69. The fraction of sp³-hybridized carbons (Fsp3) is 0.233. The number of sulfone groups is 2. The second-order valence-electron chi connectivity index (χ2n) is 10.4. The average molecular weight is 636 g/mol. The van der Waals surface area contributed by atoms with Gasteiger partial charge in [0.15, 0.2) is 0 Å². The van der Waals surface area contributed by atoms with Crippen molar-refractivity contribution in [3.8, 4) is 0 Å². The highest BCUT2D eigenvalue weighted by Gasteiger charge is 2.28. The fourth-order valence-electron chi connectivity index (χ4n) is 5.07. The summed E-state index contributed by atoms with van der Waals surface area (Å²) in [5, 5.41) is 9.41. The summed E-state index contributed by atoms with van der Waals surface area (Å²) in [4.78, 5) is 22.0. The quantitative estimate of drug-likeness (QED) is 0.289. The topological polar surface area (TPSA) is 161 Å². The van der Waals surface area contributed by atoms with Gasteiger partial charge in [0.25, 0.3) is 10.3 Å². The van der Waals surface area contributed by atoms with E-state index in [9.17, 15) is 21.6 Å². The Morgan fingerprint density at radius 1 is 0.727 bits per heavy atom. The van der Waals surface area contributed by atoms with Crippen LogP contribution in [0.5, 0.6) is 0 Å². The number of nitrogens with zero attached hydrogens (tertiary/aromatic N) is 6. The molecule has 3 aromatic carbocycles. The molecule has 0 bridgehead atoms. The zero-order valence-electron chi connectivity index (χ0n) is 25.4. The first-order valence-corrected chi connectivity index (χ1v) is 16.4. The first kappa shape index (κ1) is 32.2. The molecule has 0 spiro atoms. The standard InChI is InChI=1S/C19H20N4O3S.C11H13N3O2S/c1-13-10-14(2)17(15(3)11-13)27(25,26)18-20-12-23(21-18)19(24)22(4)16-8-6-5-7-9-16;1-7-4-8(2)10(9(3)5-7)17(15,16)11-12-6-13-14-11/h5-12H,1-4H3;4-6H,1-3H3,(H,12,13,14). The molecule has 5 rings (SSSR count). The second-order valence-corrected chi connectivity index (χ2v) is 14.0. The van der Waals surface area contributed by atoms with Crippen LogP contribution in [-0.2, 0) is 19.7 Å². The lowest BCUT2D eigenvalue weighted by Gasteiger charge is -2.16. The summed E-state index contributed by atoms with van der Waals surface area (Å²) in [6.45, 7) is 10.9. The number of hydrogen-bond acceptors (Lipinski definition) is 9. The van der Waals surface area contributed by atoms with Crippen molar-refractivity contribution in [1.29, 1.82) is 0 Å². The number of aromatic amines is 1. The largest absolute Gasteiger partial charge is 0.350 e. The lowest BCUT2D eigenvalue weighted by atomic mass is 10.1. The van der Waals surface area contributed by atoms with E-state index < -0.39 is 30.9 Å². The van der Waals surface area contributed by atoms with Crippen molar-refractivity contribution in [1.82, 2.24) is 29.9 Å². The van der Waals surface area contributed by atoms with Crippen LogP contribution >= 0.6 is 0 Å². The van der Waals surface area contributed by atoms with Crippen LogP contribution in [0.4, 0.5) is 10.5 Å². The van der Waals surface area contributed by atoms with Crippen LogP contribution in [0.25, 0.3) is 0 Å². The number of para-hydroxylation sites is 1. The molecule has 2 heterocycles. The van der Waals surface area contributed by atoms with Crippen LogP contribution in [0.3, 0.4) is 0 Å². The van der Waals surface area contributed by atoms with Crippen LogP contribution in [0, 0.1) is 41.5 Å². The molecule has 5 aromatic rings. The Labute approximate surface area is 256 Å². The van der Waals surface area contributed by atoms with Gasteiger partial charge >= 0.3 is 6.03 Å². The Morgan fingerprint density at radius 2 is 1.20 bits per heavy atom. The molecule has 230 valence electrons. The monoisotopic (exact) mass is 635 g/mol. The lowest BCUT2D eigenvalue weighted by Crippen LogP contribution is -2.31. The number of aryl methyl sites for hydroxylation is 6. The molecule has 14 heteroatoms. The minimum atomic E-state index is -3.93. The van der Waals surface area contributed by atoms with E-state index in [2.05, 4.69) is 25.3 Å². The molecular formula is C30H33N7O5S2. The zero-order chi connectivity index (χ0) is 32.4. The summed E-state index contributed by atoms with van der Waals surface area (Å²) in [6.07, 6.45) is 2.37. The highest BCUT2D eigenvalue weighted by Crippen LogP contribution is 2.27. The van der Waals surface area contributed by atoms with Gasteiger partial charge in [0.05, 0.1) is 9.79 Å². The van der Waals surface area contributed by atoms with Gasteiger partial charge in [0, 0.05) is 12.7 Å². The lowest BCUT2D eigenvalue weighted by molar-refractivity contribution is 0.246. The van der Waals surface area contributed by atoms with Crippen molar-refractivity contribution < 1.29 is 21.6 Å². The third-order valence-corrected chi connectivity index (χ3v) is 10.4. The van der Waals surface area contributed by atoms with E-state index in [4.69, 9.17) is 0 Å². The molecule has 1 N–H and O–H groups in total. The predicted octanol–water partition coefficient (Wildman–Crippen LogP) is 4.70. The van der Waals surface area contributed by atoms with Crippen LogP contribution in [0.1, 0.15) is 33.4 Å². The molecule has 0 saturated heterocycles. The van der Waals surface area contributed by atoms with Crippen molar-refractivity contribution in [2.45, 2.75) is 61.6 Å². The van der Waals surface area contributed by atoms with Crippen molar-refractivity contribution in [3.63, 3.8) is 0 Å². The maximum atomic E-state index is 13.0. The van der Waals surface area contributed by atoms with Gasteiger partial charge in [-0.3, -0.25) is 10.00 Å². The highest BCUT2D eigenvalue weighted by atomic mass is 32.2. The number of carbonyl (C=O) groups is 1. The molecule has 1 amide bonds. The molecule has 0 atom stereocenters. The van der Waals surface area contributed by atoms with Crippen LogP contribution in [0.15, 0.2) is 87.4 Å². The van der Waals surface area contributed by atoms with E-state index in [1.165, 1.54) is 11.2 Å². The summed E-state index contributed by atoms with van der Waals surface area (Å²) in [7, 11) is -5.98. The van der Waals surface area contributed by atoms with E-state index in [0.717, 1.165) is 22.1 Å². The first-order chi connectivity index (χ1) is 20.6.